The lowest BCUT2D eigenvalue weighted by atomic mass is 9.94. The Morgan fingerprint density at radius 3 is 2.20 bits per heavy atom. The minimum atomic E-state index is -0.282. The Balaban J connectivity index is 1.34. The van der Waals surface area contributed by atoms with Crippen molar-refractivity contribution in [2.24, 2.45) is 0 Å². The summed E-state index contributed by atoms with van der Waals surface area (Å²) in [6.45, 7) is 6.42. The van der Waals surface area contributed by atoms with E-state index in [0.29, 0.717) is 74.3 Å². The predicted molar refractivity (Wildman–Crippen MR) is 161 cm³/mol. The topological polar surface area (TPSA) is 82.2 Å². The maximum atomic E-state index is 13.7. The highest BCUT2D eigenvalue weighted by molar-refractivity contribution is 6.30. The molecule has 0 saturated carbocycles. The number of carbonyl (C=O) groups excluding carboxylic acids is 3. The molecule has 0 spiro atoms. The number of ether oxygens (including phenoxy) is 1. The lowest BCUT2D eigenvalue weighted by molar-refractivity contribution is -0.133. The summed E-state index contributed by atoms with van der Waals surface area (Å²) in [6.07, 6.45) is 0.741. The Labute approximate surface area is 245 Å². The van der Waals surface area contributed by atoms with Crippen molar-refractivity contribution < 1.29 is 19.1 Å². The second-order valence-electron chi connectivity index (χ2n) is 10.3. The smallest absolute Gasteiger partial charge is 0.256 e. The molecule has 2 heterocycles. The fraction of sp³-hybridized carbons (Fsp3) is 0.344. The van der Waals surface area contributed by atoms with E-state index in [4.69, 9.17) is 16.3 Å². The molecule has 8 nitrogen and oxygen atoms in total. The van der Waals surface area contributed by atoms with Gasteiger partial charge < -0.3 is 24.8 Å². The average Bonchev–Trinajstić information content (AvgIpc) is 3.02. The third kappa shape index (κ3) is 6.72. The normalized spacial score (nSPS) is 16.3. The van der Waals surface area contributed by atoms with Crippen LogP contribution in [0, 0.1) is 0 Å². The number of benzene rings is 3. The van der Waals surface area contributed by atoms with Crippen molar-refractivity contribution in [1.29, 1.82) is 0 Å². The number of nitrogens with zero attached hydrogens (tertiary/aromatic N) is 3. The van der Waals surface area contributed by atoms with Crippen molar-refractivity contribution in [2.45, 2.75) is 19.3 Å². The fourth-order valence-corrected chi connectivity index (χ4v) is 5.55. The summed E-state index contributed by atoms with van der Waals surface area (Å²) in [5.41, 5.74) is 3.37. The zero-order valence-electron chi connectivity index (χ0n) is 23.2. The molecule has 1 N–H and O–H groups in total. The van der Waals surface area contributed by atoms with Gasteiger partial charge in [0, 0.05) is 61.2 Å². The number of amides is 3. The van der Waals surface area contributed by atoms with E-state index in [-0.39, 0.29) is 23.6 Å². The molecule has 2 saturated heterocycles. The van der Waals surface area contributed by atoms with Gasteiger partial charge in [0.1, 0.15) is 0 Å². The quantitative estimate of drug-likeness (QED) is 0.434. The SMILES string of the molecule is CCC(C(=O)N1CCN(c2ccc(NC(=O)c3ccc(Cl)cc3)cc2C(=O)N2CCOCC2)CC1)c1ccccc1. The third-order valence-electron chi connectivity index (χ3n) is 7.73. The van der Waals surface area contributed by atoms with Crippen LogP contribution in [-0.4, -0.2) is 80.0 Å². The second kappa shape index (κ2) is 13.2. The summed E-state index contributed by atoms with van der Waals surface area (Å²) in [6, 6.07) is 22.0. The number of morpholine rings is 1. The van der Waals surface area contributed by atoms with Gasteiger partial charge in [-0.15, -0.1) is 0 Å². The first-order chi connectivity index (χ1) is 19.9. The summed E-state index contributed by atoms with van der Waals surface area (Å²) in [4.78, 5) is 45.9. The van der Waals surface area contributed by atoms with Gasteiger partial charge in [0.25, 0.3) is 11.8 Å². The molecular weight excluding hydrogens is 540 g/mol. The van der Waals surface area contributed by atoms with Crippen LogP contribution in [0.4, 0.5) is 11.4 Å². The van der Waals surface area contributed by atoms with Crippen LogP contribution in [0.1, 0.15) is 45.5 Å². The molecule has 1 unspecified atom stereocenters. The summed E-state index contributed by atoms with van der Waals surface area (Å²) in [7, 11) is 0. The Bertz CT molecular complexity index is 1370. The van der Waals surface area contributed by atoms with E-state index in [0.717, 1.165) is 17.7 Å². The van der Waals surface area contributed by atoms with Crippen molar-refractivity contribution in [2.75, 3.05) is 62.7 Å². The molecule has 9 heteroatoms. The van der Waals surface area contributed by atoms with Crippen LogP contribution in [0.5, 0.6) is 0 Å². The fourth-order valence-electron chi connectivity index (χ4n) is 5.43. The first-order valence-corrected chi connectivity index (χ1v) is 14.5. The summed E-state index contributed by atoms with van der Waals surface area (Å²) in [5.74, 6) is -0.400. The van der Waals surface area contributed by atoms with E-state index in [9.17, 15) is 14.4 Å². The van der Waals surface area contributed by atoms with E-state index in [1.54, 1.807) is 35.2 Å². The lowest BCUT2D eigenvalue weighted by Crippen LogP contribution is -2.50. The van der Waals surface area contributed by atoms with Gasteiger partial charge in [-0.2, -0.15) is 0 Å². The number of rotatable bonds is 7. The van der Waals surface area contributed by atoms with E-state index in [1.165, 1.54) is 0 Å². The first kappa shape index (κ1) is 28.6. The first-order valence-electron chi connectivity index (χ1n) is 14.1. The van der Waals surface area contributed by atoms with Crippen LogP contribution in [0.15, 0.2) is 72.8 Å². The molecule has 5 rings (SSSR count). The van der Waals surface area contributed by atoms with Crippen molar-refractivity contribution >= 4 is 40.7 Å². The van der Waals surface area contributed by atoms with Gasteiger partial charge in [0.15, 0.2) is 0 Å². The number of halogens is 1. The Morgan fingerprint density at radius 2 is 1.54 bits per heavy atom. The van der Waals surface area contributed by atoms with Gasteiger partial charge >= 0.3 is 0 Å². The highest BCUT2D eigenvalue weighted by Gasteiger charge is 2.30. The molecule has 2 fully saturated rings. The van der Waals surface area contributed by atoms with Crippen molar-refractivity contribution in [3.8, 4) is 0 Å². The van der Waals surface area contributed by atoms with Crippen LogP contribution in [0.3, 0.4) is 0 Å². The summed E-state index contributed by atoms with van der Waals surface area (Å²) >= 11 is 5.97. The van der Waals surface area contributed by atoms with Gasteiger partial charge in [-0.1, -0.05) is 48.9 Å². The largest absolute Gasteiger partial charge is 0.378 e. The zero-order valence-corrected chi connectivity index (χ0v) is 24.0. The summed E-state index contributed by atoms with van der Waals surface area (Å²) < 4.78 is 5.45. The standard InChI is InChI=1S/C32H35ClN4O4/c1-2-27(23-6-4-3-5-7-23)31(39)36-16-14-35(15-17-36)29-13-12-26(34-30(38)24-8-10-25(33)11-9-24)22-28(29)32(40)37-18-20-41-21-19-37/h3-13,22,27H,2,14-21H2,1H3,(H,34,38). The van der Waals surface area contributed by atoms with Crippen LogP contribution in [-0.2, 0) is 9.53 Å². The maximum Gasteiger partial charge on any atom is 0.256 e. The molecule has 2 aliphatic heterocycles. The van der Waals surface area contributed by atoms with E-state index < -0.39 is 0 Å². The molecule has 214 valence electrons. The molecule has 0 radical (unpaired) electrons. The van der Waals surface area contributed by atoms with Crippen molar-refractivity contribution in [1.82, 2.24) is 9.80 Å². The monoisotopic (exact) mass is 574 g/mol. The van der Waals surface area contributed by atoms with Gasteiger partial charge in [0.05, 0.1) is 24.7 Å². The molecule has 41 heavy (non-hydrogen) atoms. The van der Waals surface area contributed by atoms with Gasteiger partial charge in [-0.25, -0.2) is 0 Å². The van der Waals surface area contributed by atoms with Crippen LogP contribution < -0.4 is 10.2 Å². The number of anilines is 2. The van der Waals surface area contributed by atoms with Gasteiger partial charge in [-0.05, 0) is 54.4 Å². The van der Waals surface area contributed by atoms with Gasteiger partial charge in [0.2, 0.25) is 5.91 Å². The number of nitrogens with one attached hydrogen (secondary N) is 1. The number of piperazine rings is 1. The number of hydrogen-bond acceptors (Lipinski definition) is 5. The zero-order chi connectivity index (χ0) is 28.8. The highest BCUT2D eigenvalue weighted by Crippen LogP contribution is 2.29. The molecule has 0 aromatic heterocycles. The molecule has 3 amide bonds. The van der Waals surface area contributed by atoms with Crippen LogP contribution in [0.25, 0.3) is 0 Å². The molecule has 3 aromatic rings. The van der Waals surface area contributed by atoms with Gasteiger partial charge in [-0.3, -0.25) is 14.4 Å². The predicted octanol–water partition coefficient (Wildman–Crippen LogP) is 4.91. The lowest BCUT2D eigenvalue weighted by Gasteiger charge is -2.38. The maximum absolute atomic E-state index is 13.7. The van der Waals surface area contributed by atoms with Crippen LogP contribution >= 0.6 is 11.6 Å². The Hall–Kier alpha value is -3.88. The molecular formula is C32H35ClN4O4. The Kier molecular flexibility index (Phi) is 9.21. The molecule has 0 bridgehead atoms. The van der Waals surface area contributed by atoms with Crippen molar-refractivity contribution in [3.05, 3.63) is 94.5 Å². The van der Waals surface area contributed by atoms with Crippen molar-refractivity contribution in [3.63, 3.8) is 0 Å². The number of carbonyl (C=O) groups is 3. The molecule has 2 aliphatic rings. The minimum absolute atomic E-state index is 0.0977. The van der Waals surface area contributed by atoms with E-state index in [1.807, 2.05) is 54.3 Å². The average molecular weight is 575 g/mol. The minimum Gasteiger partial charge on any atom is -0.378 e. The van der Waals surface area contributed by atoms with E-state index in [2.05, 4.69) is 10.2 Å². The van der Waals surface area contributed by atoms with E-state index >= 15 is 0 Å². The number of hydrogen-bond donors (Lipinski definition) is 1. The summed E-state index contributed by atoms with van der Waals surface area (Å²) in [5, 5.41) is 3.47. The second-order valence-corrected chi connectivity index (χ2v) is 10.7. The molecule has 0 aliphatic carbocycles. The Morgan fingerprint density at radius 1 is 0.854 bits per heavy atom. The third-order valence-corrected chi connectivity index (χ3v) is 7.98. The molecule has 3 aromatic carbocycles. The molecule has 1 atom stereocenters. The van der Waals surface area contributed by atoms with Crippen LogP contribution in [0.2, 0.25) is 5.02 Å². The highest BCUT2D eigenvalue weighted by atomic mass is 35.5.